The Morgan fingerprint density at radius 2 is 1.69 bits per heavy atom. The van der Waals surface area contributed by atoms with Crippen LogP contribution in [0.1, 0.15) is 53.6 Å². The van der Waals surface area contributed by atoms with E-state index in [1.165, 1.54) is 23.1 Å². The van der Waals surface area contributed by atoms with Gasteiger partial charge in [0.15, 0.2) is 0 Å². The van der Waals surface area contributed by atoms with Crippen LogP contribution >= 0.6 is 23.2 Å². The number of carbonyl (C=O) groups is 3. The zero-order valence-corrected chi connectivity index (χ0v) is 20.7. The highest BCUT2D eigenvalue weighted by molar-refractivity contribution is 6.48. The first-order valence-corrected chi connectivity index (χ1v) is 12.1. The van der Waals surface area contributed by atoms with Crippen LogP contribution in [0.3, 0.4) is 0 Å². The molecule has 0 saturated heterocycles. The number of amides is 3. The van der Waals surface area contributed by atoms with E-state index in [0.717, 1.165) is 44.2 Å². The average Bonchev–Trinajstić information content (AvgIpc) is 3.04. The molecule has 0 spiro atoms. The third-order valence-corrected chi connectivity index (χ3v) is 6.97. The van der Waals surface area contributed by atoms with Gasteiger partial charge in [-0.05, 0) is 55.7 Å². The Bertz CT molecular complexity index is 1270. The van der Waals surface area contributed by atoms with Crippen LogP contribution in [-0.2, 0) is 15.8 Å². The molecule has 1 saturated carbocycles. The highest BCUT2D eigenvalue weighted by Gasteiger charge is 2.42. The Morgan fingerprint density at radius 3 is 2.36 bits per heavy atom. The van der Waals surface area contributed by atoms with Gasteiger partial charge in [0.1, 0.15) is 10.7 Å². The van der Waals surface area contributed by atoms with E-state index < -0.39 is 34.5 Å². The van der Waals surface area contributed by atoms with E-state index in [0.29, 0.717) is 11.3 Å². The summed E-state index contributed by atoms with van der Waals surface area (Å²) in [6.45, 7) is 1.73. The normalized spacial score (nSPS) is 17.1. The van der Waals surface area contributed by atoms with E-state index in [-0.39, 0.29) is 28.0 Å². The summed E-state index contributed by atoms with van der Waals surface area (Å²) >= 11 is 11.9. The van der Waals surface area contributed by atoms with Gasteiger partial charge >= 0.3 is 6.18 Å². The van der Waals surface area contributed by atoms with Crippen LogP contribution in [0.15, 0.2) is 47.1 Å². The van der Waals surface area contributed by atoms with E-state index >= 15 is 0 Å². The Labute approximate surface area is 215 Å². The van der Waals surface area contributed by atoms with Crippen LogP contribution < -0.4 is 10.6 Å². The minimum atomic E-state index is -4.68. The Balaban J connectivity index is 1.54. The molecule has 6 nitrogen and oxygen atoms in total. The van der Waals surface area contributed by atoms with Gasteiger partial charge in [0.25, 0.3) is 17.7 Å². The van der Waals surface area contributed by atoms with Crippen molar-refractivity contribution in [3.8, 4) is 0 Å². The zero-order chi connectivity index (χ0) is 26.2. The molecule has 0 atom stereocenters. The monoisotopic (exact) mass is 539 g/mol. The van der Waals surface area contributed by atoms with Crippen molar-refractivity contribution in [2.24, 2.45) is 0 Å². The number of hydrogen-bond acceptors (Lipinski definition) is 4. The maximum Gasteiger partial charge on any atom is 0.417 e. The number of aryl methyl sites for hydroxylation is 1. The van der Waals surface area contributed by atoms with Crippen LogP contribution in [0, 0.1) is 6.92 Å². The molecule has 0 radical (unpaired) electrons. The fraction of sp³-hybridized carbons (Fsp3) is 0.320. The Hall–Kier alpha value is -3.04. The number of benzene rings is 2. The summed E-state index contributed by atoms with van der Waals surface area (Å²) in [7, 11) is 0. The lowest BCUT2D eigenvalue weighted by Crippen LogP contribution is -2.42. The lowest BCUT2D eigenvalue weighted by Gasteiger charge is -2.29. The van der Waals surface area contributed by atoms with Gasteiger partial charge in [-0.3, -0.25) is 19.3 Å². The minimum absolute atomic E-state index is 0.0691. The first-order chi connectivity index (χ1) is 17.0. The summed E-state index contributed by atoms with van der Waals surface area (Å²) in [5.74, 6) is -1.75. The third-order valence-electron chi connectivity index (χ3n) is 6.29. The molecule has 2 aliphatic rings. The third kappa shape index (κ3) is 5.22. The van der Waals surface area contributed by atoms with Crippen LogP contribution in [0.2, 0.25) is 5.02 Å². The molecule has 2 aromatic rings. The summed E-state index contributed by atoms with van der Waals surface area (Å²) in [6.07, 6.45) is -0.315. The smallest absolute Gasteiger partial charge is 0.349 e. The van der Waals surface area contributed by atoms with Gasteiger partial charge in [0, 0.05) is 23.0 Å². The summed E-state index contributed by atoms with van der Waals surface area (Å²) in [5.41, 5.74) is -0.0936. The van der Waals surface area contributed by atoms with Crippen LogP contribution in [0.4, 0.5) is 24.5 Å². The van der Waals surface area contributed by atoms with Crippen molar-refractivity contribution < 1.29 is 27.6 Å². The SMILES string of the molecule is Cc1ccc(C(=O)Nc2ccc(Cl)c(C(F)(F)F)c2)cc1NC1=C(Cl)C(=O)N(C2CCCCC2)C1=O. The number of hydrogen-bond donors (Lipinski definition) is 2. The van der Waals surface area contributed by atoms with Gasteiger partial charge in [0.05, 0.1) is 10.6 Å². The van der Waals surface area contributed by atoms with E-state index in [4.69, 9.17) is 23.2 Å². The second kappa shape index (κ2) is 10.1. The molecule has 2 aromatic carbocycles. The van der Waals surface area contributed by atoms with Crippen molar-refractivity contribution in [2.75, 3.05) is 10.6 Å². The Morgan fingerprint density at radius 1 is 1.00 bits per heavy atom. The quantitative estimate of drug-likeness (QED) is 0.426. The van der Waals surface area contributed by atoms with Crippen molar-refractivity contribution >= 4 is 52.3 Å². The first kappa shape index (κ1) is 26.0. The van der Waals surface area contributed by atoms with Crippen molar-refractivity contribution in [3.63, 3.8) is 0 Å². The van der Waals surface area contributed by atoms with E-state index in [1.807, 2.05) is 0 Å². The summed E-state index contributed by atoms with van der Waals surface area (Å²) in [5, 5.41) is 4.61. The maximum atomic E-state index is 13.1. The molecule has 0 bridgehead atoms. The van der Waals surface area contributed by atoms with Gasteiger partial charge in [-0.1, -0.05) is 48.5 Å². The molecule has 11 heteroatoms. The molecular weight excluding hydrogens is 518 g/mol. The van der Waals surface area contributed by atoms with Gasteiger partial charge in [-0.15, -0.1) is 0 Å². The van der Waals surface area contributed by atoms with E-state index in [1.54, 1.807) is 13.0 Å². The predicted molar refractivity (Wildman–Crippen MR) is 131 cm³/mol. The number of alkyl halides is 3. The van der Waals surface area contributed by atoms with Crippen LogP contribution in [-0.4, -0.2) is 28.7 Å². The number of nitrogens with one attached hydrogen (secondary N) is 2. The highest BCUT2D eigenvalue weighted by Crippen LogP contribution is 2.36. The molecule has 0 aromatic heterocycles. The lowest BCUT2D eigenvalue weighted by molar-refractivity contribution is -0.141. The summed E-state index contributed by atoms with van der Waals surface area (Å²) < 4.78 is 39.4. The van der Waals surface area contributed by atoms with Crippen LogP contribution in [0.25, 0.3) is 0 Å². The molecule has 2 N–H and O–H groups in total. The second-order valence-electron chi connectivity index (χ2n) is 8.76. The zero-order valence-electron chi connectivity index (χ0n) is 19.1. The summed E-state index contributed by atoms with van der Waals surface area (Å²) in [6, 6.07) is 7.39. The number of nitrogens with zero attached hydrogens (tertiary/aromatic N) is 1. The van der Waals surface area contributed by atoms with Crippen molar-refractivity contribution in [3.05, 3.63) is 68.8 Å². The van der Waals surface area contributed by atoms with Gasteiger partial charge in [-0.25, -0.2) is 0 Å². The largest absolute Gasteiger partial charge is 0.417 e. The molecule has 190 valence electrons. The molecule has 1 fully saturated rings. The van der Waals surface area contributed by atoms with Crippen LogP contribution in [0.5, 0.6) is 0 Å². The Kier molecular flexibility index (Phi) is 7.33. The van der Waals surface area contributed by atoms with Gasteiger partial charge in [-0.2, -0.15) is 13.2 Å². The maximum absolute atomic E-state index is 13.1. The standard InChI is InChI=1S/C25H22Cl2F3N3O3/c1-13-7-8-14(22(34)31-15-9-10-18(26)17(12-15)25(28,29)30)11-19(13)32-21-20(27)23(35)33(24(21)36)16-5-3-2-4-6-16/h7-12,16,32H,2-6H2,1H3,(H,31,34). The second-order valence-corrected chi connectivity index (χ2v) is 9.55. The van der Waals surface area contributed by atoms with Gasteiger partial charge < -0.3 is 10.6 Å². The number of halogens is 5. The van der Waals surface area contributed by atoms with Crippen molar-refractivity contribution in [2.45, 2.75) is 51.2 Å². The lowest BCUT2D eigenvalue weighted by atomic mass is 9.94. The number of imide groups is 1. The topological polar surface area (TPSA) is 78.5 Å². The highest BCUT2D eigenvalue weighted by atomic mass is 35.5. The molecule has 1 aliphatic carbocycles. The molecule has 0 unspecified atom stereocenters. The van der Waals surface area contributed by atoms with Crippen molar-refractivity contribution in [1.29, 1.82) is 0 Å². The average molecular weight is 540 g/mol. The first-order valence-electron chi connectivity index (χ1n) is 11.3. The minimum Gasteiger partial charge on any atom is -0.349 e. The van der Waals surface area contributed by atoms with E-state index in [2.05, 4.69) is 10.6 Å². The molecular formula is C25H22Cl2F3N3O3. The molecule has 4 rings (SSSR count). The number of anilines is 2. The molecule has 1 aliphatic heterocycles. The van der Waals surface area contributed by atoms with E-state index in [9.17, 15) is 27.6 Å². The fourth-order valence-corrected chi connectivity index (χ4v) is 4.80. The number of carbonyl (C=O) groups excluding carboxylic acids is 3. The number of rotatable bonds is 5. The predicted octanol–water partition coefficient (Wildman–Crippen LogP) is 6.48. The van der Waals surface area contributed by atoms with Gasteiger partial charge in [0.2, 0.25) is 0 Å². The molecule has 36 heavy (non-hydrogen) atoms. The molecule has 3 amide bonds. The molecule has 1 heterocycles. The van der Waals surface area contributed by atoms with Crippen molar-refractivity contribution in [1.82, 2.24) is 4.90 Å². The summed E-state index contributed by atoms with van der Waals surface area (Å²) in [4.78, 5) is 39.8. The fourth-order valence-electron chi connectivity index (χ4n) is 4.35.